The highest BCUT2D eigenvalue weighted by molar-refractivity contribution is 5.93. The fourth-order valence-electron chi connectivity index (χ4n) is 0.901. The minimum absolute atomic E-state index is 0.0989. The Morgan fingerprint density at radius 3 is 2.00 bits per heavy atom. The van der Waals surface area contributed by atoms with Crippen LogP contribution in [0.2, 0.25) is 0 Å². The van der Waals surface area contributed by atoms with Crippen LogP contribution in [0.3, 0.4) is 0 Å². The molecule has 0 aromatic carbocycles. The van der Waals surface area contributed by atoms with Crippen LogP contribution < -0.4 is 5.73 Å². The van der Waals surface area contributed by atoms with Crippen LogP contribution in [0.4, 0.5) is 0 Å². The molecule has 0 aliphatic heterocycles. The maximum absolute atomic E-state index is 10.8. The van der Waals surface area contributed by atoms with Crippen molar-refractivity contribution < 1.29 is 4.79 Å². The first-order valence-corrected chi connectivity index (χ1v) is 3.55. The molecule has 0 aromatic rings. The zero-order valence-corrected chi connectivity index (χ0v) is 6.90. The Morgan fingerprint density at radius 2 is 1.90 bits per heavy atom. The molecule has 0 fully saturated rings. The Balaban J connectivity index is 4.28. The molecule has 2 nitrogen and oxygen atoms in total. The lowest BCUT2D eigenvalue weighted by Crippen LogP contribution is -2.05. The molecule has 0 amide bonds. The highest BCUT2D eigenvalue weighted by atomic mass is 16.1. The molecule has 0 aliphatic rings. The minimum Gasteiger partial charge on any atom is -0.402 e. The van der Waals surface area contributed by atoms with E-state index in [1.807, 2.05) is 6.92 Å². The summed E-state index contributed by atoms with van der Waals surface area (Å²) in [7, 11) is 0. The molecule has 2 heteroatoms. The minimum atomic E-state index is 0.0989. The average molecular weight is 141 g/mol. The SMILES string of the molecule is CCC/C(C(C)=O)=C(\C)N. The van der Waals surface area contributed by atoms with Gasteiger partial charge in [0.25, 0.3) is 0 Å². The molecule has 0 aromatic heterocycles. The van der Waals surface area contributed by atoms with Crippen LogP contribution in [0.15, 0.2) is 11.3 Å². The van der Waals surface area contributed by atoms with Gasteiger partial charge in [-0.2, -0.15) is 0 Å². The average Bonchev–Trinajstić information content (AvgIpc) is 1.81. The van der Waals surface area contributed by atoms with E-state index in [4.69, 9.17) is 5.73 Å². The Labute approximate surface area is 62.1 Å². The quantitative estimate of drug-likeness (QED) is 0.607. The van der Waals surface area contributed by atoms with Crippen LogP contribution in [0.1, 0.15) is 33.6 Å². The molecule has 0 unspecified atom stereocenters. The van der Waals surface area contributed by atoms with E-state index in [0.717, 1.165) is 18.4 Å². The molecule has 0 bridgehead atoms. The van der Waals surface area contributed by atoms with E-state index in [9.17, 15) is 4.79 Å². The summed E-state index contributed by atoms with van der Waals surface area (Å²) in [6.07, 6.45) is 1.78. The fraction of sp³-hybridized carbons (Fsp3) is 0.625. The molecule has 0 saturated carbocycles. The van der Waals surface area contributed by atoms with Crippen molar-refractivity contribution >= 4 is 5.78 Å². The summed E-state index contributed by atoms with van der Waals surface area (Å²) in [5, 5.41) is 0. The molecule has 0 saturated heterocycles. The second-order valence-corrected chi connectivity index (χ2v) is 2.47. The van der Waals surface area contributed by atoms with Gasteiger partial charge in [-0.1, -0.05) is 13.3 Å². The van der Waals surface area contributed by atoms with Gasteiger partial charge in [0.1, 0.15) is 0 Å². The van der Waals surface area contributed by atoms with Gasteiger partial charge in [-0.25, -0.2) is 0 Å². The van der Waals surface area contributed by atoms with Gasteiger partial charge in [0.15, 0.2) is 5.78 Å². The van der Waals surface area contributed by atoms with Crippen LogP contribution in [0.5, 0.6) is 0 Å². The van der Waals surface area contributed by atoms with Crippen molar-refractivity contribution in [3.63, 3.8) is 0 Å². The lowest BCUT2D eigenvalue weighted by molar-refractivity contribution is -0.113. The smallest absolute Gasteiger partial charge is 0.157 e. The Kier molecular flexibility index (Phi) is 3.77. The number of hydrogen-bond acceptors (Lipinski definition) is 2. The molecule has 10 heavy (non-hydrogen) atoms. The number of rotatable bonds is 3. The number of ketones is 1. The zero-order chi connectivity index (χ0) is 8.15. The Hall–Kier alpha value is -0.790. The number of carbonyl (C=O) groups excluding carboxylic acids is 1. The van der Waals surface area contributed by atoms with E-state index in [-0.39, 0.29) is 5.78 Å². The molecule has 0 radical (unpaired) electrons. The molecule has 0 heterocycles. The van der Waals surface area contributed by atoms with Gasteiger partial charge in [0.2, 0.25) is 0 Å². The molecule has 0 spiro atoms. The van der Waals surface area contributed by atoms with Gasteiger partial charge in [0, 0.05) is 11.3 Å². The fourth-order valence-corrected chi connectivity index (χ4v) is 0.901. The summed E-state index contributed by atoms with van der Waals surface area (Å²) in [4.78, 5) is 10.8. The molecule has 0 aliphatic carbocycles. The van der Waals surface area contributed by atoms with Crippen molar-refractivity contribution in [1.82, 2.24) is 0 Å². The van der Waals surface area contributed by atoms with Crippen molar-refractivity contribution in [3.05, 3.63) is 11.3 Å². The maximum Gasteiger partial charge on any atom is 0.157 e. The predicted octanol–water partition coefficient (Wildman–Crippen LogP) is 1.61. The number of nitrogens with two attached hydrogens (primary N) is 1. The van der Waals surface area contributed by atoms with E-state index in [0.29, 0.717) is 5.70 Å². The largest absolute Gasteiger partial charge is 0.402 e. The van der Waals surface area contributed by atoms with Gasteiger partial charge in [-0.05, 0) is 20.3 Å². The van der Waals surface area contributed by atoms with Gasteiger partial charge >= 0.3 is 0 Å². The lowest BCUT2D eigenvalue weighted by Gasteiger charge is -2.02. The molecular formula is C8H15NO. The van der Waals surface area contributed by atoms with E-state index in [1.165, 1.54) is 0 Å². The summed E-state index contributed by atoms with van der Waals surface area (Å²) in [6, 6.07) is 0. The van der Waals surface area contributed by atoms with Crippen LogP contribution in [0.25, 0.3) is 0 Å². The van der Waals surface area contributed by atoms with Gasteiger partial charge in [-0.15, -0.1) is 0 Å². The van der Waals surface area contributed by atoms with Crippen molar-refractivity contribution in [2.24, 2.45) is 5.73 Å². The number of allylic oxidation sites excluding steroid dienone is 2. The van der Waals surface area contributed by atoms with Crippen molar-refractivity contribution in [2.45, 2.75) is 33.6 Å². The molecule has 0 rings (SSSR count). The molecule has 0 atom stereocenters. The Morgan fingerprint density at radius 1 is 1.40 bits per heavy atom. The maximum atomic E-state index is 10.8. The van der Waals surface area contributed by atoms with E-state index >= 15 is 0 Å². The Bertz CT molecular complexity index is 155. The third-order valence-electron chi connectivity index (χ3n) is 1.40. The third-order valence-corrected chi connectivity index (χ3v) is 1.40. The number of Topliss-reactive ketones (excluding diaryl/α,β-unsaturated/α-hetero) is 1. The standard InChI is InChI=1S/C8H15NO/c1-4-5-8(6(2)9)7(3)10/h4-5,9H2,1-3H3/b8-6-. The summed E-state index contributed by atoms with van der Waals surface area (Å²) in [5.41, 5.74) is 6.92. The first kappa shape index (κ1) is 9.21. The lowest BCUT2D eigenvalue weighted by atomic mass is 10.1. The van der Waals surface area contributed by atoms with Gasteiger partial charge in [-0.3, -0.25) is 4.79 Å². The zero-order valence-electron chi connectivity index (χ0n) is 6.90. The topological polar surface area (TPSA) is 43.1 Å². The number of carbonyl (C=O) groups is 1. The first-order valence-electron chi connectivity index (χ1n) is 3.55. The molecule has 58 valence electrons. The van der Waals surface area contributed by atoms with Crippen molar-refractivity contribution in [1.29, 1.82) is 0 Å². The second kappa shape index (κ2) is 4.09. The van der Waals surface area contributed by atoms with E-state index in [2.05, 4.69) is 0 Å². The van der Waals surface area contributed by atoms with Crippen LogP contribution in [-0.2, 0) is 4.79 Å². The van der Waals surface area contributed by atoms with Crippen LogP contribution >= 0.6 is 0 Å². The number of hydrogen-bond donors (Lipinski definition) is 1. The van der Waals surface area contributed by atoms with Crippen LogP contribution in [-0.4, -0.2) is 5.78 Å². The van der Waals surface area contributed by atoms with E-state index in [1.54, 1.807) is 13.8 Å². The summed E-state index contributed by atoms with van der Waals surface area (Å²) < 4.78 is 0. The predicted molar refractivity (Wildman–Crippen MR) is 42.5 cm³/mol. The highest BCUT2D eigenvalue weighted by Crippen LogP contribution is 2.07. The second-order valence-electron chi connectivity index (χ2n) is 2.47. The molecular weight excluding hydrogens is 126 g/mol. The van der Waals surface area contributed by atoms with E-state index < -0.39 is 0 Å². The van der Waals surface area contributed by atoms with Crippen LogP contribution in [0, 0.1) is 0 Å². The monoisotopic (exact) mass is 141 g/mol. The first-order chi connectivity index (χ1) is 4.59. The third kappa shape index (κ3) is 2.67. The van der Waals surface area contributed by atoms with Gasteiger partial charge in [0.05, 0.1) is 0 Å². The summed E-state index contributed by atoms with van der Waals surface area (Å²) in [6.45, 7) is 5.36. The molecule has 2 N–H and O–H groups in total. The van der Waals surface area contributed by atoms with Crippen molar-refractivity contribution in [3.8, 4) is 0 Å². The highest BCUT2D eigenvalue weighted by Gasteiger charge is 2.03. The summed E-state index contributed by atoms with van der Waals surface area (Å²) >= 11 is 0. The summed E-state index contributed by atoms with van der Waals surface area (Å²) in [5.74, 6) is 0.0989. The van der Waals surface area contributed by atoms with Gasteiger partial charge < -0.3 is 5.73 Å². The normalized spacial score (nSPS) is 12.7. The van der Waals surface area contributed by atoms with Crippen molar-refractivity contribution in [2.75, 3.05) is 0 Å².